The molecule has 0 unspecified atom stereocenters. The number of hydrogen-bond donors (Lipinski definition) is 1. The second-order valence-corrected chi connectivity index (χ2v) is 5.26. The summed E-state index contributed by atoms with van der Waals surface area (Å²) in [5.41, 5.74) is -1.48. The van der Waals surface area contributed by atoms with Crippen molar-refractivity contribution in [2.75, 3.05) is 0 Å². The highest BCUT2D eigenvalue weighted by atomic mass is 19.4. The summed E-state index contributed by atoms with van der Waals surface area (Å²) in [6, 6.07) is 3.29. The summed E-state index contributed by atoms with van der Waals surface area (Å²) in [7, 11) is 0. The van der Waals surface area contributed by atoms with Crippen molar-refractivity contribution in [3.8, 4) is 17.1 Å². The van der Waals surface area contributed by atoms with Gasteiger partial charge < -0.3 is 9.63 Å². The van der Waals surface area contributed by atoms with Gasteiger partial charge in [0.2, 0.25) is 11.7 Å². The molecule has 2 rings (SSSR count). The lowest BCUT2D eigenvalue weighted by Gasteiger charge is -2.21. The molecule has 114 valence electrons. The summed E-state index contributed by atoms with van der Waals surface area (Å²) in [5, 5.41) is 12.6. The lowest BCUT2D eigenvalue weighted by atomic mass is 9.89. The molecule has 21 heavy (non-hydrogen) atoms. The second kappa shape index (κ2) is 5.01. The maximum Gasteiger partial charge on any atom is 0.390 e. The predicted octanol–water partition coefficient (Wildman–Crippen LogP) is 3.81. The minimum Gasteiger partial charge on any atom is -0.508 e. The number of phenolic OH excluding ortho intramolecular Hbond substituents is 1. The number of nitrogens with zero attached hydrogens (tertiary/aromatic N) is 2. The van der Waals surface area contributed by atoms with Gasteiger partial charge in [-0.15, -0.1) is 0 Å². The van der Waals surface area contributed by atoms with E-state index in [4.69, 9.17) is 9.63 Å². The molecule has 4 nitrogen and oxygen atoms in total. The fourth-order valence-electron chi connectivity index (χ4n) is 1.87. The van der Waals surface area contributed by atoms with Gasteiger partial charge in [-0.3, -0.25) is 0 Å². The van der Waals surface area contributed by atoms with Crippen LogP contribution < -0.4 is 0 Å². The van der Waals surface area contributed by atoms with Crippen LogP contribution in [0.25, 0.3) is 11.4 Å². The Kier molecular flexibility index (Phi) is 3.65. The van der Waals surface area contributed by atoms with Crippen LogP contribution in [0.15, 0.2) is 22.7 Å². The van der Waals surface area contributed by atoms with Gasteiger partial charge in [0, 0.05) is 6.07 Å². The van der Waals surface area contributed by atoms with E-state index in [-0.39, 0.29) is 23.0 Å². The lowest BCUT2D eigenvalue weighted by molar-refractivity contribution is -0.147. The number of hydrogen-bond acceptors (Lipinski definition) is 4. The summed E-state index contributed by atoms with van der Waals surface area (Å²) in [5.74, 6) is -1.48. The fraction of sp³-hybridized carbons (Fsp3) is 0.385. The Balaban J connectivity index is 2.33. The molecule has 0 bridgehead atoms. The first kappa shape index (κ1) is 15.3. The van der Waals surface area contributed by atoms with Gasteiger partial charge in [-0.2, -0.15) is 18.2 Å². The Bertz CT molecular complexity index is 650. The van der Waals surface area contributed by atoms with Crippen molar-refractivity contribution >= 4 is 0 Å². The zero-order valence-electron chi connectivity index (χ0n) is 11.2. The molecule has 0 amide bonds. The minimum atomic E-state index is -4.39. The number of halogens is 4. The van der Waals surface area contributed by atoms with Gasteiger partial charge in [-0.05, 0) is 12.1 Å². The number of aromatic nitrogens is 2. The highest BCUT2D eigenvalue weighted by molar-refractivity contribution is 5.56. The zero-order chi connectivity index (χ0) is 15.8. The molecule has 0 fully saturated rings. The van der Waals surface area contributed by atoms with Crippen LogP contribution in [0.3, 0.4) is 0 Å². The molecule has 0 radical (unpaired) electrons. The quantitative estimate of drug-likeness (QED) is 0.876. The first-order chi connectivity index (χ1) is 9.58. The molecule has 8 heteroatoms. The highest BCUT2D eigenvalue weighted by Gasteiger charge is 2.41. The normalized spacial score (nSPS) is 12.7. The summed E-state index contributed by atoms with van der Waals surface area (Å²) >= 11 is 0. The van der Waals surface area contributed by atoms with Gasteiger partial charge >= 0.3 is 6.18 Å². The average Bonchev–Trinajstić information content (AvgIpc) is 2.75. The van der Waals surface area contributed by atoms with Crippen LogP contribution in [0.4, 0.5) is 17.6 Å². The molecular formula is C13H12F4N2O2. The summed E-state index contributed by atoms with van der Waals surface area (Å²) in [6.07, 6.45) is -5.53. The Morgan fingerprint density at radius 3 is 2.48 bits per heavy atom. The molecule has 0 aliphatic heterocycles. The van der Waals surface area contributed by atoms with E-state index in [1.807, 2.05) is 0 Å². The Morgan fingerprint density at radius 2 is 1.90 bits per heavy atom. The van der Waals surface area contributed by atoms with Crippen LogP contribution in [0.5, 0.6) is 5.75 Å². The first-order valence-corrected chi connectivity index (χ1v) is 5.98. The summed E-state index contributed by atoms with van der Waals surface area (Å²) in [6.45, 7) is 2.62. The van der Waals surface area contributed by atoms with Gasteiger partial charge in [0.25, 0.3) is 0 Å². The third-order valence-corrected chi connectivity index (χ3v) is 2.84. The first-order valence-electron chi connectivity index (χ1n) is 5.98. The summed E-state index contributed by atoms with van der Waals surface area (Å²) in [4.78, 5) is 3.83. The fourth-order valence-corrected chi connectivity index (χ4v) is 1.87. The van der Waals surface area contributed by atoms with Crippen LogP contribution in [0, 0.1) is 5.82 Å². The average molecular weight is 304 g/mol. The molecule has 1 aromatic carbocycles. The molecular weight excluding hydrogens is 292 g/mol. The molecule has 1 N–H and O–H groups in total. The third-order valence-electron chi connectivity index (χ3n) is 2.84. The topological polar surface area (TPSA) is 59.2 Å². The largest absolute Gasteiger partial charge is 0.508 e. The van der Waals surface area contributed by atoms with E-state index in [1.165, 1.54) is 26.0 Å². The van der Waals surface area contributed by atoms with Crippen molar-refractivity contribution < 1.29 is 27.2 Å². The Hall–Kier alpha value is -2.12. The molecule has 2 aromatic rings. The van der Waals surface area contributed by atoms with Crippen LogP contribution in [0.1, 0.15) is 26.2 Å². The van der Waals surface area contributed by atoms with E-state index < -0.39 is 23.8 Å². The number of aromatic hydroxyl groups is 1. The highest BCUT2D eigenvalue weighted by Crippen LogP contribution is 2.36. The van der Waals surface area contributed by atoms with Gasteiger partial charge in [0.05, 0.1) is 17.4 Å². The van der Waals surface area contributed by atoms with Gasteiger partial charge in [0.1, 0.15) is 11.6 Å². The van der Waals surface area contributed by atoms with Crippen LogP contribution >= 0.6 is 0 Å². The van der Waals surface area contributed by atoms with Crippen LogP contribution in [0.2, 0.25) is 0 Å². The van der Waals surface area contributed by atoms with Gasteiger partial charge in [0.15, 0.2) is 0 Å². The standard InChI is InChI=1S/C13H12F4N2O2/c1-12(2,6-13(15,16)17)11-18-10(19-21-11)8-4-3-7(20)5-9(8)14/h3-5,20H,6H2,1-2H3. The lowest BCUT2D eigenvalue weighted by Crippen LogP contribution is -2.26. The molecule has 0 atom stereocenters. The number of rotatable bonds is 3. The molecule has 0 aliphatic carbocycles. The number of benzene rings is 1. The molecule has 0 saturated heterocycles. The molecule has 0 aliphatic rings. The predicted molar refractivity (Wildman–Crippen MR) is 65.1 cm³/mol. The second-order valence-electron chi connectivity index (χ2n) is 5.26. The van der Waals surface area contributed by atoms with E-state index >= 15 is 0 Å². The van der Waals surface area contributed by atoms with E-state index in [2.05, 4.69) is 10.1 Å². The van der Waals surface area contributed by atoms with E-state index in [0.717, 1.165) is 6.07 Å². The van der Waals surface area contributed by atoms with E-state index in [1.54, 1.807) is 0 Å². The smallest absolute Gasteiger partial charge is 0.390 e. The summed E-state index contributed by atoms with van der Waals surface area (Å²) < 4.78 is 56.0. The molecule has 1 aromatic heterocycles. The van der Waals surface area contributed by atoms with E-state index in [9.17, 15) is 17.6 Å². The monoisotopic (exact) mass is 304 g/mol. The van der Waals surface area contributed by atoms with Crippen LogP contribution in [-0.2, 0) is 5.41 Å². The van der Waals surface area contributed by atoms with Crippen molar-refractivity contribution in [3.63, 3.8) is 0 Å². The van der Waals surface area contributed by atoms with Crippen LogP contribution in [-0.4, -0.2) is 21.4 Å². The molecule has 0 spiro atoms. The van der Waals surface area contributed by atoms with Crippen molar-refractivity contribution in [2.24, 2.45) is 0 Å². The van der Waals surface area contributed by atoms with Gasteiger partial charge in [-0.25, -0.2) is 4.39 Å². The van der Waals surface area contributed by atoms with Crippen molar-refractivity contribution in [2.45, 2.75) is 31.9 Å². The number of phenols is 1. The molecule has 1 heterocycles. The number of alkyl halides is 3. The van der Waals surface area contributed by atoms with Crippen molar-refractivity contribution in [3.05, 3.63) is 29.9 Å². The SMILES string of the molecule is CC(C)(CC(F)(F)F)c1nc(-c2ccc(O)cc2F)no1. The maximum atomic E-state index is 13.7. The third kappa shape index (κ3) is 3.50. The zero-order valence-corrected chi connectivity index (χ0v) is 11.2. The minimum absolute atomic E-state index is 0.0643. The molecule has 0 saturated carbocycles. The Morgan fingerprint density at radius 1 is 1.24 bits per heavy atom. The van der Waals surface area contributed by atoms with Crippen molar-refractivity contribution in [1.82, 2.24) is 10.1 Å². The van der Waals surface area contributed by atoms with Crippen molar-refractivity contribution in [1.29, 1.82) is 0 Å². The Labute approximate surface area is 117 Å². The maximum absolute atomic E-state index is 13.7. The van der Waals surface area contributed by atoms with E-state index in [0.29, 0.717) is 0 Å². The van der Waals surface area contributed by atoms with Gasteiger partial charge in [-0.1, -0.05) is 19.0 Å².